The third-order valence-corrected chi connectivity index (χ3v) is 10.4. The molecule has 5 aliphatic rings. The standard InChI is InChI=1S/C31H39NO3/c1-31-15-27(20-4-8-23(9-5-20)35-24-17-32(18-24)16-19-2-3-19)30-25-11-7-22(33)14-21(25)6-10-26(30)28(31)12-13-29(31)34/h4-5,7-9,11,14,19,24,26-30,33-34H,2-3,6,10,12-13,15-18H2,1H3/t26-,27+,28-,29-,30?,31-/m0/s1. The van der Waals surface area contributed by atoms with Crippen molar-refractivity contribution < 1.29 is 14.9 Å². The highest BCUT2D eigenvalue weighted by atomic mass is 16.5. The van der Waals surface area contributed by atoms with Gasteiger partial charge in [0.25, 0.3) is 0 Å². The minimum Gasteiger partial charge on any atom is -0.508 e. The second kappa shape index (κ2) is 8.24. The van der Waals surface area contributed by atoms with Crippen LogP contribution in [0.15, 0.2) is 42.5 Å². The van der Waals surface area contributed by atoms with E-state index in [-0.39, 0.29) is 11.5 Å². The van der Waals surface area contributed by atoms with Gasteiger partial charge in [-0.2, -0.15) is 0 Å². The highest BCUT2D eigenvalue weighted by molar-refractivity contribution is 5.44. The van der Waals surface area contributed by atoms with E-state index in [2.05, 4.69) is 42.2 Å². The van der Waals surface area contributed by atoms with Gasteiger partial charge >= 0.3 is 0 Å². The smallest absolute Gasteiger partial charge is 0.124 e. The normalized spacial score (nSPS) is 36.7. The summed E-state index contributed by atoms with van der Waals surface area (Å²) < 4.78 is 6.30. The second-order valence-corrected chi connectivity index (χ2v) is 12.6. The van der Waals surface area contributed by atoms with Crippen LogP contribution in [-0.2, 0) is 6.42 Å². The van der Waals surface area contributed by atoms with E-state index in [4.69, 9.17) is 4.74 Å². The summed E-state index contributed by atoms with van der Waals surface area (Å²) in [7, 11) is 0. The van der Waals surface area contributed by atoms with Crippen molar-refractivity contribution in [3.8, 4) is 11.5 Å². The fourth-order valence-corrected chi connectivity index (χ4v) is 8.39. The van der Waals surface area contributed by atoms with Crippen LogP contribution in [0.2, 0.25) is 0 Å². The van der Waals surface area contributed by atoms with Crippen molar-refractivity contribution in [2.24, 2.45) is 23.2 Å². The Kier molecular flexibility index (Phi) is 5.22. The molecule has 4 aliphatic carbocycles. The predicted octanol–water partition coefficient (Wildman–Crippen LogP) is 5.48. The first-order valence-electron chi connectivity index (χ1n) is 14.0. The van der Waals surface area contributed by atoms with Gasteiger partial charge in [-0.25, -0.2) is 0 Å². The lowest BCUT2D eigenvalue weighted by molar-refractivity contribution is -0.0323. The van der Waals surface area contributed by atoms with E-state index in [1.807, 2.05) is 12.1 Å². The maximum Gasteiger partial charge on any atom is 0.124 e. The molecule has 4 nitrogen and oxygen atoms in total. The molecule has 0 aromatic heterocycles. The summed E-state index contributed by atoms with van der Waals surface area (Å²) >= 11 is 0. The lowest BCUT2D eigenvalue weighted by Crippen LogP contribution is -2.54. The van der Waals surface area contributed by atoms with Crippen molar-refractivity contribution in [3.63, 3.8) is 0 Å². The molecular formula is C31H39NO3. The van der Waals surface area contributed by atoms with E-state index in [1.165, 1.54) is 36.1 Å². The maximum absolute atomic E-state index is 11.1. The number of likely N-dealkylation sites (tertiary alicyclic amines) is 1. The van der Waals surface area contributed by atoms with Crippen LogP contribution in [0.1, 0.15) is 74.0 Å². The summed E-state index contributed by atoms with van der Waals surface area (Å²) in [6.45, 7) is 5.73. The van der Waals surface area contributed by atoms with Crippen LogP contribution in [0.5, 0.6) is 11.5 Å². The van der Waals surface area contributed by atoms with E-state index in [1.54, 1.807) is 0 Å². The van der Waals surface area contributed by atoms with Crippen LogP contribution >= 0.6 is 0 Å². The molecule has 0 amide bonds. The SMILES string of the molecule is C[C@]12C[C@H](c3ccc(OC4CN(CC5CC5)C4)cc3)C3c4ccc(O)cc4CC[C@H]3[C@@H]1CC[C@@H]2O. The van der Waals surface area contributed by atoms with Gasteiger partial charge < -0.3 is 14.9 Å². The second-order valence-electron chi connectivity index (χ2n) is 12.6. The Morgan fingerprint density at radius 1 is 1.00 bits per heavy atom. The topological polar surface area (TPSA) is 52.9 Å². The van der Waals surface area contributed by atoms with Crippen molar-refractivity contribution in [1.82, 2.24) is 4.90 Å². The maximum atomic E-state index is 11.1. The van der Waals surface area contributed by atoms with E-state index in [0.717, 1.165) is 56.9 Å². The number of hydrogen-bond acceptors (Lipinski definition) is 4. The van der Waals surface area contributed by atoms with Gasteiger partial charge in [0.05, 0.1) is 6.10 Å². The Bertz CT molecular complexity index is 1090. The van der Waals surface area contributed by atoms with Gasteiger partial charge in [0.2, 0.25) is 0 Å². The third kappa shape index (κ3) is 3.79. The molecule has 1 saturated heterocycles. The summed E-state index contributed by atoms with van der Waals surface area (Å²) in [6, 6.07) is 15.0. The van der Waals surface area contributed by atoms with Gasteiger partial charge in [-0.3, -0.25) is 4.90 Å². The van der Waals surface area contributed by atoms with Gasteiger partial charge in [-0.1, -0.05) is 25.1 Å². The number of hydrogen-bond donors (Lipinski definition) is 2. The molecule has 7 rings (SSSR count). The summed E-state index contributed by atoms with van der Waals surface area (Å²) in [5, 5.41) is 21.2. The average Bonchev–Trinajstić information content (AvgIpc) is 3.60. The molecule has 35 heavy (non-hydrogen) atoms. The first-order chi connectivity index (χ1) is 17.0. The summed E-state index contributed by atoms with van der Waals surface area (Å²) in [5.41, 5.74) is 4.11. The van der Waals surface area contributed by atoms with Crippen LogP contribution in [0.4, 0.5) is 0 Å². The Labute approximate surface area is 209 Å². The number of aromatic hydroxyl groups is 1. The van der Waals surface area contributed by atoms with Crippen LogP contribution < -0.4 is 4.74 Å². The molecule has 0 spiro atoms. The number of rotatable bonds is 5. The first kappa shape index (κ1) is 22.2. The van der Waals surface area contributed by atoms with Crippen LogP contribution in [-0.4, -0.2) is 47.0 Å². The number of phenolic OH excluding ortho intramolecular Hbond substituents is 1. The number of phenols is 1. The number of aryl methyl sites for hydroxylation is 1. The molecule has 6 atom stereocenters. The van der Waals surface area contributed by atoms with Gasteiger partial charge in [0.15, 0.2) is 0 Å². The zero-order valence-corrected chi connectivity index (χ0v) is 20.9. The average molecular weight is 474 g/mol. The minimum absolute atomic E-state index is 0.00757. The van der Waals surface area contributed by atoms with Gasteiger partial charge in [0.1, 0.15) is 17.6 Å². The molecule has 4 heteroatoms. The van der Waals surface area contributed by atoms with Crippen LogP contribution in [0, 0.1) is 23.2 Å². The molecule has 4 fully saturated rings. The minimum atomic E-state index is -0.197. The first-order valence-corrected chi connectivity index (χ1v) is 14.0. The number of fused-ring (bicyclic) bond motifs is 5. The van der Waals surface area contributed by atoms with E-state index < -0.39 is 0 Å². The summed E-state index contributed by atoms with van der Waals surface area (Å²) in [6.07, 6.45) is 8.25. The molecule has 1 aliphatic heterocycles. The number of aliphatic hydroxyl groups excluding tert-OH is 1. The fraction of sp³-hybridized carbons (Fsp3) is 0.613. The zero-order chi connectivity index (χ0) is 23.7. The van der Waals surface area contributed by atoms with Crippen molar-refractivity contribution in [3.05, 3.63) is 59.2 Å². The van der Waals surface area contributed by atoms with Gasteiger partial charge in [-0.15, -0.1) is 0 Å². The summed E-state index contributed by atoms with van der Waals surface area (Å²) in [5.74, 6) is 4.32. The molecule has 1 unspecified atom stereocenters. The number of benzene rings is 2. The Balaban J connectivity index is 1.15. The van der Waals surface area contributed by atoms with Crippen LogP contribution in [0.3, 0.4) is 0 Å². The third-order valence-electron chi connectivity index (χ3n) is 10.4. The van der Waals surface area contributed by atoms with E-state index in [0.29, 0.717) is 35.5 Å². The zero-order valence-electron chi connectivity index (χ0n) is 20.9. The van der Waals surface area contributed by atoms with Gasteiger partial charge in [0, 0.05) is 19.6 Å². The van der Waals surface area contributed by atoms with E-state index in [9.17, 15) is 10.2 Å². The molecule has 2 aromatic rings. The Morgan fingerprint density at radius 2 is 1.80 bits per heavy atom. The number of nitrogens with zero attached hydrogens (tertiary/aromatic N) is 1. The van der Waals surface area contributed by atoms with Crippen molar-refractivity contribution in [2.75, 3.05) is 19.6 Å². The van der Waals surface area contributed by atoms with Crippen LogP contribution in [0.25, 0.3) is 0 Å². The van der Waals surface area contributed by atoms with Crippen molar-refractivity contribution >= 4 is 0 Å². The Hall–Kier alpha value is -2.04. The highest BCUT2D eigenvalue weighted by Gasteiger charge is 2.57. The number of ether oxygens (including phenoxy) is 1. The fourth-order valence-electron chi connectivity index (χ4n) is 8.39. The summed E-state index contributed by atoms with van der Waals surface area (Å²) in [4.78, 5) is 2.53. The number of aliphatic hydroxyl groups is 1. The lowest BCUT2D eigenvalue weighted by atomic mass is 9.51. The largest absolute Gasteiger partial charge is 0.508 e. The molecule has 3 saturated carbocycles. The predicted molar refractivity (Wildman–Crippen MR) is 137 cm³/mol. The van der Waals surface area contributed by atoms with Gasteiger partial charge in [-0.05, 0) is 121 Å². The van der Waals surface area contributed by atoms with Crippen molar-refractivity contribution in [2.45, 2.75) is 75.9 Å². The molecule has 2 N–H and O–H groups in total. The van der Waals surface area contributed by atoms with Crippen molar-refractivity contribution in [1.29, 1.82) is 0 Å². The molecular weight excluding hydrogens is 434 g/mol. The van der Waals surface area contributed by atoms with E-state index >= 15 is 0 Å². The quantitative estimate of drug-likeness (QED) is 0.604. The molecule has 0 bridgehead atoms. The highest BCUT2D eigenvalue weighted by Crippen LogP contribution is 2.65. The molecule has 186 valence electrons. The Morgan fingerprint density at radius 3 is 2.57 bits per heavy atom. The monoisotopic (exact) mass is 473 g/mol. The molecule has 0 radical (unpaired) electrons. The lowest BCUT2D eigenvalue weighted by Gasteiger charge is -2.54. The molecule has 1 heterocycles. The molecule has 2 aromatic carbocycles.